The molecule has 2 aromatic rings. The van der Waals surface area contributed by atoms with Crippen molar-refractivity contribution in [3.05, 3.63) is 76.3 Å². The highest BCUT2D eigenvalue weighted by Gasteiger charge is 2.23. The van der Waals surface area contributed by atoms with E-state index >= 15 is 0 Å². The second kappa shape index (κ2) is 10.1. The minimum atomic E-state index is -0.148. The van der Waals surface area contributed by atoms with Crippen LogP contribution in [0.5, 0.6) is 0 Å². The monoisotopic (exact) mass is 425 g/mol. The lowest BCUT2D eigenvalue weighted by molar-refractivity contribution is -0.136. The average Bonchev–Trinajstić information content (AvgIpc) is 2.79. The van der Waals surface area contributed by atoms with E-state index < -0.39 is 0 Å². The van der Waals surface area contributed by atoms with Crippen LogP contribution in [0.2, 0.25) is 5.02 Å². The first-order valence-electron chi connectivity index (χ1n) is 9.77. The van der Waals surface area contributed by atoms with Crippen LogP contribution >= 0.6 is 11.6 Å². The highest BCUT2D eigenvalue weighted by Crippen LogP contribution is 2.12. The number of benzene rings is 2. The van der Waals surface area contributed by atoms with E-state index in [1.807, 2.05) is 12.1 Å². The van der Waals surface area contributed by atoms with Crippen LogP contribution in [0.4, 0.5) is 0 Å². The molecule has 1 fully saturated rings. The zero-order valence-corrected chi connectivity index (χ0v) is 17.6. The number of hydrogen-bond donors (Lipinski definition) is 1. The lowest BCUT2D eigenvalue weighted by Gasteiger charge is -2.34. The van der Waals surface area contributed by atoms with Crippen LogP contribution in [0.15, 0.2) is 54.6 Å². The van der Waals surface area contributed by atoms with Crippen molar-refractivity contribution in [1.82, 2.24) is 15.1 Å². The Morgan fingerprint density at radius 1 is 0.933 bits per heavy atom. The van der Waals surface area contributed by atoms with E-state index in [9.17, 15) is 14.4 Å². The van der Waals surface area contributed by atoms with Crippen LogP contribution in [-0.4, -0.2) is 60.7 Å². The molecule has 1 aliphatic heterocycles. The molecular formula is C23H24ClN3O3. The second-order valence-corrected chi connectivity index (χ2v) is 7.48. The van der Waals surface area contributed by atoms with E-state index in [4.69, 9.17) is 11.6 Å². The summed E-state index contributed by atoms with van der Waals surface area (Å²) in [5.74, 6) is -0.184. The number of rotatable bonds is 5. The molecule has 0 bridgehead atoms. The van der Waals surface area contributed by atoms with Crippen LogP contribution in [-0.2, 0) is 16.0 Å². The Morgan fingerprint density at radius 3 is 2.13 bits per heavy atom. The van der Waals surface area contributed by atoms with E-state index in [1.165, 1.54) is 6.08 Å². The molecule has 30 heavy (non-hydrogen) atoms. The third-order valence-corrected chi connectivity index (χ3v) is 5.28. The summed E-state index contributed by atoms with van der Waals surface area (Å²) >= 11 is 5.88. The molecule has 3 amide bonds. The first-order valence-corrected chi connectivity index (χ1v) is 10.2. The molecule has 0 aromatic heterocycles. The van der Waals surface area contributed by atoms with Gasteiger partial charge in [-0.3, -0.25) is 14.4 Å². The van der Waals surface area contributed by atoms with Gasteiger partial charge in [-0.2, -0.15) is 0 Å². The highest BCUT2D eigenvalue weighted by atomic mass is 35.5. The molecule has 156 valence electrons. The van der Waals surface area contributed by atoms with Gasteiger partial charge in [-0.05, 0) is 41.5 Å². The molecule has 3 rings (SSSR count). The van der Waals surface area contributed by atoms with Crippen molar-refractivity contribution in [3.63, 3.8) is 0 Å². The third-order valence-electron chi connectivity index (χ3n) is 5.03. The Kier molecular flexibility index (Phi) is 7.25. The number of carbonyl (C=O) groups is 3. The SMILES string of the molecule is CNC(=O)c1ccc(/C=C/C(=O)N2CCN(C(=O)Cc3ccc(Cl)cc3)CC2)cc1. The van der Waals surface area contributed by atoms with Crippen molar-refractivity contribution in [2.75, 3.05) is 33.2 Å². The van der Waals surface area contributed by atoms with Gasteiger partial charge in [0.05, 0.1) is 6.42 Å². The Morgan fingerprint density at radius 2 is 1.53 bits per heavy atom. The summed E-state index contributed by atoms with van der Waals surface area (Å²) < 4.78 is 0. The maximum atomic E-state index is 12.5. The van der Waals surface area contributed by atoms with Crippen molar-refractivity contribution in [2.24, 2.45) is 0 Å². The molecule has 0 unspecified atom stereocenters. The van der Waals surface area contributed by atoms with Gasteiger partial charge in [0.15, 0.2) is 0 Å². The summed E-state index contributed by atoms with van der Waals surface area (Å²) in [6.07, 6.45) is 3.59. The number of piperazine rings is 1. The van der Waals surface area contributed by atoms with Crippen molar-refractivity contribution in [1.29, 1.82) is 0 Å². The van der Waals surface area contributed by atoms with Gasteiger partial charge >= 0.3 is 0 Å². The van der Waals surface area contributed by atoms with Gasteiger partial charge in [0.25, 0.3) is 5.91 Å². The molecule has 1 saturated heterocycles. The number of halogens is 1. The maximum absolute atomic E-state index is 12.5. The number of hydrogen-bond acceptors (Lipinski definition) is 3. The van der Waals surface area contributed by atoms with Crippen molar-refractivity contribution >= 4 is 35.4 Å². The molecule has 0 radical (unpaired) electrons. The maximum Gasteiger partial charge on any atom is 0.251 e. The molecular weight excluding hydrogens is 402 g/mol. The zero-order chi connectivity index (χ0) is 21.5. The van der Waals surface area contributed by atoms with Crippen LogP contribution in [0, 0.1) is 0 Å². The molecule has 2 aromatic carbocycles. The Bertz CT molecular complexity index is 931. The summed E-state index contributed by atoms with van der Waals surface area (Å²) in [7, 11) is 1.58. The van der Waals surface area contributed by atoms with Crippen molar-refractivity contribution < 1.29 is 14.4 Å². The van der Waals surface area contributed by atoms with Gasteiger partial charge in [0.1, 0.15) is 0 Å². The Labute approximate surface area is 181 Å². The molecule has 0 aliphatic carbocycles. The minimum absolute atomic E-state index is 0.0520. The summed E-state index contributed by atoms with van der Waals surface area (Å²) in [4.78, 5) is 40.0. The zero-order valence-electron chi connectivity index (χ0n) is 16.8. The fraction of sp³-hybridized carbons (Fsp3) is 0.261. The molecule has 0 atom stereocenters. The van der Waals surface area contributed by atoms with E-state index in [2.05, 4.69) is 5.32 Å². The Balaban J connectivity index is 1.48. The van der Waals surface area contributed by atoms with Gasteiger partial charge in [-0.15, -0.1) is 0 Å². The standard InChI is InChI=1S/C23H24ClN3O3/c1-25-23(30)19-7-2-17(3-8-19)6-11-21(28)26-12-14-27(15-13-26)22(29)16-18-4-9-20(24)10-5-18/h2-11H,12-16H2,1H3,(H,25,30)/b11-6+. The van der Waals surface area contributed by atoms with E-state index in [-0.39, 0.29) is 17.7 Å². The van der Waals surface area contributed by atoms with E-state index in [0.717, 1.165) is 11.1 Å². The summed E-state index contributed by atoms with van der Waals surface area (Å²) in [6.45, 7) is 2.05. The lowest BCUT2D eigenvalue weighted by Crippen LogP contribution is -2.50. The van der Waals surface area contributed by atoms with Crippen LogP contribution in [0.3, 0.4) is 0 Å². The summed E-state index contributed by atoms with van der Waals surface area (Å²) in [5, 5.41) is 3.22. The quantitative estimate of drug-likeness (QED) is 0.749. The molecule has 7 heteroatoms. The fourth-order valence-electron chi connectivity index (χ4n) is 3.23. The molecule has 0 saturated carbocycles. The van der Waals surface area contributed by atoms with Crippen LogP contribution in [0.1, 0.15) is 21.5 Å². The fourth-order valence-corrected chi connectivity index (χ4v) is 3.35. The number of nitrogens with zero attached hydrogens (tertiary/aromatic N) is 2. The van der Waals surface area contributed by atoms with Crippen molar-refractivity contribution in [3.8, 4) is 0 Å². The van der Waals surface area contributed by atoms with E-state index in [0.29, 0.717) is 43.2 Å². The predicted octanol–water partition coefficient (Wildman–Crippen LogP) is 2.63. The summed E-state index contributed by atoms with van der Waals surface area (Å²) in [6, 6.07) is 14.3. The molecule has 1 aliphatic rings. The minimum Gasteiger partial charge on any atom is -0.355 e. The molecule has 1 heterocycles. The van der Waals surface area contributed by atoms with Crippen LogP contribution in [0.25, 0.3) is 6.08 Å². The lowest BCUT2D eigenvalue weighted by atomic mass is 10.1. The highest BCUT2D eigenvalue weighted by molar-refractivity contribution is 6.30. The van der Waals surface area contributed by atoms with Gasteiger partial charge in [0, 0.05) is 49.9 Å². The van der Waals surface area contributed by atoms with Gasteiger partial charge in [-0.25, -0.2) is 0 Å². The van der Waals surface area contributed by atoms with Crippen LogP contribution < -0.4 is 5.32 Å². The predicted molar refractivity (Wildman–Crippen MR) is 117 cm³/mol. The van der Waals surface area contributed by atoms with Gasteiger partial charge < -0.3 is 15.1 Å². The Hall–Kier alpha value is -3.12. The smallest absolute Gasteiger partial charge is 0.251 e. The number of nitrogens with one attached hydrogen (secondary N) is 1. The molecule has 6 nitrogen and oxygen atoms in total. The molecule has 0 spiro atoms. The normalized spacial score (nSPS) is 14.1. The van der Waals surface area contributed by atoms with Gasteiger partial charge in [-0.1, -0.05) is 35.9 Å². The van der Waals surface area contributed by atoms with E-state index in [1.54, 1.807) is 59.3 Å². The first-order chi connectivity index (χ1) is 14.5. The van der Waals surface area contributed by atoms with Crippen molar-refractivity contribution in [2.45, 2.75) is 6.42 Å². The van der Waals surface area contributed by atoms with Gasteiger partial charge in [0.2, 0.25) is 11.8 Å². The topological polar surface area (TPSA) is 69.7 Å². The third kappa shape index (κ3) is 5.70. The average molecular weight is 426 g/mol. The second-order valence-electron chi connectivity index (χ2n) is 7.04. The first kappa shape index (κ1) is 21.6. The molecule has 1 N–H and O–H groups in total. The number of carbonyl (C=O) groups excluding carboxylic acids is 3. The number of amides is 3. The summed E-state index contributed by atoms with van der Waals surface area (Å²) in [5.41, 5.74) is 2.33. The largest absolute Gasteiger partial charge is 0.355 e.